The molecule has 0 unspecified atom stereocenters. The minimum atomic E-state index is 0.0172. The van der Waals surface area contributed by atoms with Gasteiger partial charge in [0, 0.05) is 21.2 Å². The number of halogens is 1. The molecule has 0 bridgehead atoms. The molecule has 0 aliphatic rings. The van der Waals surface area contributed by atoms with Crippen molar-refractivity contribution in [1.29, 1.82) is 0 Å². The Morgan fingerprint density at radius 2 is 1.92 bits per heavy atom. The fourth-order valence-corrected chi connectivity index (χ4v) is 4.41. The molecular weight excluding hydrogens is 372 g/mol. The summed E-state index contributed by atoms with van der Waals surface area (Å²) in [5, 5.41) is 1.34. The van der Waals surface area contributed by atoms with Crippen LogP contribution >= 0.6 is 34.7 Å². The van der Waals surface area contributed by atoms with Crippen molar-refractivity contribution in [2.75, 3.05) is 12.4 Å². The van der Waals surface area contributed by atoms with Crippen LogP contribution < -0.4 is 10.2 Å². The summed E-state index contributed by atoms with van der Waals surface area (Å²) in [7, 11) is 0. The molecule has 0 spiro atoms. The van der Waals surface area contributed by atoms with E-state index in [4.69, 9.17) is 16.3 Å². The molecule has 0 atom stereocenters. The third-order valence-electron chi connectivity index (χ3n) is 3.41. The molecule has 0 N–H and O–H groups in total. The van der Waals surface area contributed by atoms with Gasteiger partial charge in [0.15, 0.2) is 5.43 Å². The van der Waals surface area contributed by atoms with Gasteiger partial charge in [-0.25, -0.2) is 0 Å². The summed E-state index contributed by atoms with van der Waals surface area (Å²) in [4.78, 5) is 12.1. The highest BCUT2D eigenvalue weighted by Gasteiger charge is 2.03. The Labute approximate surface area is 159 Å². The number of fused-ring (bicyclic) bond motifs is 1. The number of hydrogen-bond acceptors (Lipinski definition) is 4. The first-order chi connectivity index (χ1) is 12.1. The second kappa shape index (κ2) is 8.44. The SMILES string of the molecule is Cc1ccc(OCC#CCSc2cc(=O)c3ccc(Cl)cc3s2)cc1. The number of thioether (sulfide) groups is 1. The molecule has 2 aromatic carbocycles. The summed E-state index contributed by atoms with van der Waals surface area (Å²) in [6.45, 7) is 2.39. The van der Waals surface area contributed by atoms with Gasteiger partial charge in [-0.1, -0.05) is 41.1 Å². The minimum Gasteiger partial charge on any atom is -0.481 e. The molecule has 0 aliphatic heterocycles. The molecule has 126 valence electrons. The molecule has 0 aliphatic carbocycles. The van der Waals surface area contributed by atoms with E-state index in [-0.39, 0.29) is 5.43 Å². The Kier molecular flexibility index (Phi) is 6.04. The molecule has 2 nitrogen and oxygen atoms in total. The van der Waals surface area contributed by atoms with Gasteiger partial charge in [-0.2, -0.15) is 0 Å². The average molecular weight is 387 g/mol. The Morgan fingerprint density at radius 1 is 1.12 bits per heavy atom. The molecule has 1 heterocycles. The van der Waals surface area contributed by atoms with E-state index in [0.29, 0.717) is 22.8 Å². The largest absolute Gasteiger partial charge is 0.481 e. The lowest BCUT2D eigenvalue weighted by Crippen LogP contribution is -1.98. The average Bonchev–Trinajstić information content (AvgIpc) is 2.59. The predicted octanol–water partition coefficient (Wildman–Crippen LogP) is 5.40. The number of hydrogen-bond donors (Lipinski definition) is 0. The van der Waals surface area contributed by atoms with E-state index in [1.54, 1.807) is 41.3 Å². The van der Waals surface area contributed by atoms with Crippen LogP contribution in [0.4, 0.5) is 0 Å². The predicted molar refractivity (Wildman–Crippen MR) is 108 cm³/mol. The summed E-state index contributed by atoms with van der Waals surface area (Å²) in [5.41, 5.74) is 1.22. The number of benzene rings is 2. The van der Waals surface area contributed by atoms with Gasteiger partial charge >= 0.3 is 0 Å². The zero-order chi connectivity index (χ0) is 17.6. The monoisotopic (exact) mass is 386 g/mol. The van der Waals surface area contributed by atoms with Gasteiger partial charge in [0.05, 0.1) is 9.96 Å². The molecule has 3 rings (SSSR count). The van der Waals surface area contributed by atoms with Crippen LogP contribution in [0.2, 0.25) is 5.02 Å². The van der Waals surface area contributed by atoms with Crippen LogP contribution in [0, 0.1) is 18.8 Å². The summed E-state index contributed by atoms with van der Waals surface area (Å²) in [6, 6.07) is 14.9. The zero-order valence-electron chi connectivity index (χ0n) is 13.5. The number of rotatable bonds is 4. The lowest BCUT2D eigenvalue weighted by Gasteiger charge is -2.01. The first-order valence-electron chi connectivity index (χ1n) is 7.63. The normalized spacial score (nSPS) is 10.3. The van der Waals surface area contributed by atoms with Crippen LogP contribution in [0.15, 0.2) is 57.5 Å². The quantitative estimate of drug-likeness (QED) is 0.443. The van der Waals surface area contributed by atoms with E-state index in [9.17, 15) is 4.79 Å². The molecule has 0 saturated heterocycles. The maximum Gasteiger partial charge on any atom is 0.189 e. The van der Waals surface area contributed by atoms with Crippen LogP contribution in [-0.4, -0.2) is 12.4 Å². The van der Waals surface area contributed by atoms with E-state index in [2.05, 4.69) is 11.8 Å². The first kappa shape index (κ1) is 17.9. The van der Waals surface area contributed by atoms with Gasteiger partial charge in [0.1, 0.15) is 12.4 Å². The molecule has 0 amide bonds. The molecule has 3 aromatic rings. The number of ether oxygens (including phenoxy) is 1. The maximum atomic E-state index is 12.1. The molecule has 1 aromatic heterocycles. The van der Waals surface area contributed by atoms with Crippen LogP contribution in [-0.2, 0) is 0 Å². The van der Waals surface area contributed by atoms with Crippen LogP contribution in [0.1, 0.15) is 5.56 Å². The van der Waals surface area contributed by atoms with Crippen LogP contribution in [0.3, 0.4) is 0 Å². The van der Waals surface area contributed by atoms with E-state index < -0.39 is 0 Å². The summed E-state index contributed by atoms with van der Waals surface area (Å²) in [5.74, 6) is 7.48. The first-order valence-corrected chi connectivity index (χ1v) is 9.81. The van der Waals surface area contributed by atoms with Crippen molar-refractivity contribution >= 4 is 44.8 Å². The van der Waals surface area contributed by atoms with Gasteiger partial charge in [0.2, 0.25) is 0 Å². The fourth-order valence-electron chi connectivity index (χ4n) is 2.14. The minimum absolute atomic E-state index is 0.0172. The summed E-state index contributed by atoms with van der Waals surface area (Å²) in [6.07, 6.45) is 0. The Hall–Kier alpha value is -1.93. The zero-order valence-corrected chi connectivity index (χ0v) is 15.9. The third-order valence-corrected chi connectivity index (χ3v) is 5.82. The second-order valence-electron chi connectivity index (χ2n) is 5.31. The second-order valence-corrected chi connectivity index (χ2v) is 8.11. The van der Waals surface area contributed by atoms with E-state index >= 15 is 0 Å². The van der Waals surface area contributed by atoms with E-state index in [1.165, 1.54) is 5.56 Å². The fraction of sp³-hybridized carbons (Fsp3) is 0.150. The van der Waals surface area contributed by atoms with Crippen LogP contribution in [0.5, 0.6) is 5.75 Å². The Bertz CT molecular complexity index is 998. The van der Waals surface area contributed by atoms with Gasteiger partial charge in [-0.05, 0) is 37.3 Å². The lowest BCUT2D eigenvalue weighted by atomic mass is 10.2. The van der Waals surface area contributed by atoms with Crippen molar-refractivity contribution in [3.05, 3.63) is 69.3 Å². The van der Waals surface area contributed by atoms with Crippen molar-refractivity contribution in [3.8, 4) is 17.6 Å². The van der Waals surface area contributed by atoms with E-state index in [0.717, 1.165) is 14.7 Å². The van der Waals surface area contributed by atoms with Crippen LogP contribution in [0.25, 0.3) is 10.1 Å². The van der Waals surface area contributed by atoms with Crippen molar-refractivity contribution in [2.45, 2.75) is 11.1 Å². The smallest absolute Gasteiger partial charge is 0.189 e. The van der Waals surface area contributed by atoms with Crippen molar-refractivity contribution in [3.63, 3.8) is 0 Å². The summed E-state index contributed by atoms with van der Waals surface area (Å²) >= 11 is 9.11. The van der Waals surface area contributed by atoms with Gasteiger partial charge in [-0.15, -0.1) is 23.1 Å². The standard InChI is InChI=1S/C20H15ClO2S2/c1-14-4-7-16(8-5-14)23-10-2-3-11-24-20-13-18(22)17-9-6-15(21)12-19(17)25-20/h4-9,12-13H,10-11H2,1H3. The molecule has 0 fully saturated rings. The Balaban J connectivity index is 1.56. The highest BCUT2D eigenvalue weighted by Crippen LogP contribution is 2.28. The Morgan fingerprint density at radius 3 is 2.72 bits per heavy atom. The summed E-state index contributed by atoms with van der Waals surface area (Å²) < 4.78 is 7.40. The van der Waals surface area contributed by atoms with Gasteiger partial charge in [0.25, 0.3) is 0 Å². The van der Waals surface area contributed by atoms with Crippen molar-refractivity contribution in [2.24, 2.45) is 0 Å². The molecule has 0 radical (unpaired) electrons. The molecule has 5 heteroatoms. The maximum absolute atomic E-state index is 12.1. The lowest BCUT2D eigenvalue weighted by molar-refractivity contribution is 0.370. The van der Waals surface area contributed by atoms with E-state index in [1.807, 2.05) is 37.3 Å². The molecular formula is C20H15ClO2S2. The molecule has 0 saturated carbocycles. The number of aryl methyl sites for hydroxylation is 1. The van der Waals surface area contributed by atoms with Gasteiger partial charge in [-0.3, -0.25) is 4.79 Å². The van der Waals surface area contributed by atoms with Crippen molar-refractivity contribution in [1.82, 2.24) is 0 Å². The highest BCUT2D eigenvalue weighted by molar-refractivity contribution is 8.01. The molecule has 25 heavy (non-hydrogen) atoms. The van der Waals surface area contributed by atoms with Gasteiger partial charge < -0.3 is 4.74 Å². The third kappa shape index (κ3) is 5.02. The van der Waals surface area contributed by atoms with Crippen molar-refractivity contribution < 1.29 is 4.74 Å². The topological polar surface area (TPSA) is 26.3 Å². The highest BCUT2D eigenvalue weighted by atomic mass is 35.5.